The van der Waals surface area contributed by atoms with Crippen LogP contribution in [0.5, 0.6) is 0 Å². The molecule has 0 aromatic heterocycles. The minimum Gasteiger partial charge on any atom is -0.340 e. The maximum Gasteiger partial charge on any atom is 0.243 e. The first-order chi connectivity index (χ1) is 17.0. The molecule has 1 aliphatic carbocycles. The normalized spacial score (nSPS) is 25.5. The summed E-state index contributed by atoms with van der Waals surface area (Å²) in [5, 5.41) is 3.58. The molecule has 0 spiro atoms. The highest BCUT2D eigenvalue weighted by Gasteiger charge is 2.57. The molecule has 4 rings (SSSR count). The van der Waals surface area contributed by atoms with Crippen LogP contribution in [0, 0.1) is 10.3 Å². The Kier molecular flexibility index (Phi) is 8.15. The Morgan fingerprint density at radius 3 is 2.31 bits per heavy atom. The molecule has 1 aromatic rings. The van der Waals surface area contributed by atoms with Crippen LogP contribution in [0.15, 0.2) is 34.3 Å². The molecule has 3 aliphatic rings. The van der Waals surface area contributed by atoms with Gasteiger partial charge >= 0.3 is 0 Å². The number of carbonyl (C=O) groups is 1. The number of piperazine rings is 1. The van der Waals surface area contributed by atoms with E-state index >= 15 is 0 Å². The molecule has 0 bridgehead atoms. The fourth-order valence-corrected chi connectivity index (χ4v) is 8.29. The molecule has 2 saturated heterocycles. The summed E-state index contributed by atoms with van der Waals surface area (Å²) in [7, 11) is -3.71. The third kappa shape index (κ3) is 5.49. The number of hydrogen-bond donors (Lipinski definition) is 0. The zero-order chi connectivity index (χ0) is 26.1. The van der Waals surface area contributed by atoms with Crippen LogP contribution in [0.4, 0.5) is 0 Å². The molecule has 10 heteroatoms. The van der Waals surface area contributed by atoms with Gasteiger partial charge in [-0.15, -0.1) is 0 Å². The number of rotatable bonds is 9. The molecular formula is C26H39ClN4O4S. The molecule has 200 valence electrons. The molecule has 3 fully saturated rings. The van der Waals surface area contributed by atoms with E-state index in [1.54, 1.807) is 28.6 Å². The Balaban J connectivity index is 1.50. The van der Waals surface area contributed by atoms with Gasteiger partial charge in [0.25, 0.3) is 0 Å². The molecule has 0 unspecified atom stereocenters. The zero-order valence-electron chi connectivity index (χ0n) is 21.7. The third-order valence-corrected chi connectivity index (χ3v) is 10.8. The summed E-state index contributed by atoms with van der Waals surface area (Å²) in [6.07, 6.45) is 5.51. The van der Waals surface area contributed by atoms with Crippen molar-refractivity contribution in [1.29, 1.82) is 0 Å². The van der Waals surface area contributed by atoms with Crippen molar-refractivity contribution in [3.05, 3.63) is 34.2 Å². The fourth-order valence-electron chi connectivity index (χ4n) is 6.13. The molecule has 2 aliphatic heterocycles. The van der Waals surface area contributed by atoms with Crippen LogP contribution in [0.1, 0.15) is 65.7 Å². The van der Waals surface area contributed by atoms with E-state index in [2.05, 4.69) is 10.1 Å². The van der Waals surface area contributed by atoms with Crippen molar-refractivity contribution in [3.63, 3.8) is 0 Å². The molecule has 36 heavy (non-hydrogen) atoms. The SMILES string of the molecule is CC[C@@H]1CCC[C@H](C2(CC(=O)N3CCN(C(C)(C)CN=O)CC3)CC2)N1S(=O)(=O)c1ccc(Cl)cc1. The quantitative estimate of drug-likeness (QED) is 0.431. The van der Waals surface area contributed by atoms with Gasteiger partial charge in [-0.1, -0.05) is 30.1 Å². The zero-order valence-corrected chi connectivity index (χ0v) is 23.2. The van der Waals surface area contributed by atoms with Crippen molar-refractivity contribution >= 4 is 27.5 Å². The first-order valence-corrected chi connectivity index (χ1v) is 15.0. The van der Waals surface area contributed by atoms with Gasteiger partial charge in [-0.05, 0) is 75.6 Å². The van der Waals surface area contributed by atoms with Crippen molar-refractivity contribution < 1.29 is 13.2 Å². The second-order valence-electron chi connectivity index (χ2n) is 11.3. The molecule has 2 heterocycles. The number of amides is 1. The van der Waals surface area contributed by atoms with E-state index in [4.69, 9.17) is 11.6 Å². The summed E-state index contributed by atoms with van der Waals surface area (Å²) < 4.78 is 29.5. The van der Waals surface area contributed by atoms with Gasteiger partial charge in [-0.25, -0.2) is 8.42 Å². The lowest BCUT2D eigenvalue weighted by Gasteiger charge is -2.46. The van der Waals surface area contributed by atoms with E-state index in [1.165, 1.54) is 0 Å². The number of benzene rings is 1. The van der Waals surface area contributed by atoms with Gasteiger partial charge in [0.2, 0.25) is 15.9 Å². The Morgan fingerprint density at radius 2 is 1.75 bits per heavy atom. The highest BCUT2D eigenvalue weighted by atomic mass is 35.5. The monoisotopic (exact) mass is 538 g/mol. The van der Waals surface area contributed by atoms with Gasteiger partial charge < -0.3 is 4.90 Å². The Bertz CT molecular complexity index is 1050. The number of piperidine rings is 1. The van der Waals surface area contributed by atoms with E-state index in [0.717, 1.165) is 38.5 Å². The Labute approximate surface area is 220 Å². The number of hydrogen-bond acceptors (Lipinski definition) is 6. The highest BCUT2D eigenvalue weighted by Crippen LogP contribution is 2.57. The van der Waals surface area contributed by atoms with Crippen LogP contribution < -0.4 is 0 Å². The standard InChI is InChI=1S/C26H39ClN4O4S/c1-4-21-6-5-7-23(31(21)36(34,35)22-10-8-20(27)9-11-22)26(12-13-26)18-24(32)29-14-16-30(17-15-29)25(2,3)19-28-33/h8-11,21,23H,4-7,12-19H2,1-3H3/t21-,23-/m1/s1. The van der Waals surface area contributed by atoms with Crippen molar-refractivity contribution in [1.82, 2.24) is 14.1 Å². The average Bonchev–Trinajstić information content (AvgIpc) is 3.64. The molecule has 1 aromatic carbocycles. The lowest BCUT2D eigenvalue weighted by atomic mass is 9.83. The van der Waals surface area contributed by atoms with Gasteiger partial charge in [-0.2, -0.15) is 9.21 Å². The smallest absolute Gasteiger partial charge is 0.243 e. The second-order valence-corrected chi connectivity index (χ2v) is 13.6. The number of sulfonamides is 1. The van der Waals surface area contributed by atoms with Crippen LogP contribution in [0.2, 0.25) is 5.02 Å². The molecule has 2 atom stereocenters. The molecule has 0 radical (unpaired) electrons. The van der Waals surface area contributed by atoms with E-state index < -0.39 is 10.0 Å². The average molecular weight is 539 g/mol. The molecule has 1 saturated carbocycles. The van der Waals surface area contributed by atoms with Crippen LogP contribution in [0.25, 0.3) is 0 Å². The maximum atomic E-state index is 13.9. The predicted molar refractivity (Wildman–Crippen MR) is 141 cm³/mol. The molecule has 8 nitrogen and oxygen atoms in total. The van der Waals surface area contributed by atoms with Crippen LogP contribution in [-0.4, -0.2) is 78.8 Å². The number of nitroso groups, excluding NO2 is 1. The largest absolute Gasteiger partial charge is 0.340 e. The first-order valence-electron chi connectivity index (χ1n) is 13.2. The summed E-state index contributed by atoms with van der Waals surface area (Å²) in [6.45, 7) is 8.94. The van der Waals surface area contributed by atoms with Crippen molar-refractivity contribution in [2.75, 3.05) is 32.7 Å². The van der Waals surface area contributed by atoms with Gasteiger partial charge in [0, 0.05) is 55.2 Å². The van der Waals surface area contributed by atoms with Crippen LogP contribution in [0.3, 0.4) is 0 Å². The maximum absolute atomic E-state index is 13.9. The third-order valence-electron chi connectivity index (χ3n) is 8.58. The number of nitrogens with zero attached hydrogens (tertiary/aromatic N) is 4. The van der Waals surface area contributed by atoms with Crippen LogP contribution >= 0.6 is 11.6 Å². The topological polar surface area (TPSA) is 90.4 Å². The lowest BCUT2D eigenvalue weighted by Crippen LogP contribution is -2.57. The molecule has 0 N–H and O–H groups in total. The Morgan fingerprint density at radius 1 is 1.11 bits per heavy atom. The summed E-state index contributed by atoms with van der Waals surface area (Å²) in [5.41, 5.74) is -0.606. The highest BCUT2D eigenvalue weighted by molar-refractivity contribution is 7.89. The first kappa shape index (κ1) is 27.5. The minimum absolute atomic E-state index is 0.0609. The summed E-state index contributed by atoms with van der Waals surface area (Å²) in [4.78, 5) is 28.7. The van der Waals surface area contributed by atoms with E-state index in [0.29, 0.717) is 37.6 Å². The van der Waals surface area contributed by atoms with Gasteiger partial charge in [-0.3, -0.25) is 9.69 Å². The summed E-state index contributed by atoms with van der Waals surface area (Å²) in [5.74, 6) is 0.112. The summed E-state index contributed by atoms with van der Waals surface area (Å²) >= 11 is 6.02. The second kappa shape index (κ2) is 10.7. The van der Waals surface area contributed by atoms with Crippen LogP contribution in [-0.2, 0) is 14.8 Å². The van der Waals surface area contributed by atoms with E-state index in [-0.39, 0.29) is 40.4 Å². The Hall–Kier alpha value is -1.55. The van der Waals surface area contributed by atoms with Crippen molar-refractivity contribution in [3.8, 4) is 0 Å². The van der Waals surface area contributed by atoms with Gasteiger partial charge in [0.1, 0.15) is 0 Å². The van der Waals surface area contributed by atoms with Gasteiger partial charge in [0.05, 0.1) is 11.4 Å². The number of halogens is 1. The molecule has 1 amide bonds. The lowest BCUT2D eigenvalue weighted by molar-refractivity contribution is -0.135. The van der Waals surface area contributed by atoms with Crippen molar-refractivity contribution in [2.24, 2.45) is 10.6 Å². The van der Waals surface area contributed by atoms with Gasteiger partial charge in [0.15, 0.2) is 0 Å². The van der Waals surface area contributed by atoms with E-state index in [1.807, 2.05) is 25.7 Å². The summed E-state index contributed by atoms with van der Waals surface area (Å²) in [6, 6.07) is 6.19. The fraction of sp³-hybridized carbons (Fsp3) is 0.731. The van der Waals surface area contributed by atoms with Crippen molar-refractivity contribution in [2.45, 2.75) is 88.2 Å². The van der Waals surface area contributed by atoms with E-state index in [9.17, 15) is 18.1 Å². The molecular weight excluding hydrogens is 500 g/mol. The number of carbonyl (C=O) groups excluding carboxylic acids is 1. The predicted octanol–water partition coefficient (Wildman–Crippen LogP) is 4.52. The minimum atomic E-state index is -3.71.